The second kappa shape index (κ2) is 5.07. The van der Waals surface area contributed by atoms with E-state index in [9.17, 15) is 8.42 Å². The lowest BCUT2D eigenvalue weighted by Crippen LogP contribution is -2.29. The standard InChI is InChI=1S/C14H21N3O2S/c1-9(20(2,18)19)14-16-12-6-7-15-8-11(12)13(17-14)10-4-3-5-10/h9-10,15H,3-8H2,1-2H3. The van der Waals surface area contributed by atoms with E-state index < -0.39 is 15.1 Å². The van der Waals surface area contributed by atoms with Crippen molar-refractivity contribution in [3.63, 3.8) is 0 Å². The summed E-state index contributed by atoms with van der Waals surface area (Å²) in [6.07, 6.45) is 5.69. The summed E-state index contributed by atoms with van der Waals surface area (Å²) < 4.78 is 23.5. The highest BCUT2D eigenvalue weighted by molar-refractivity contribution is 7.90. The van der Waals surface area contributed by atoms with Crippen molar-refractivity contribution in [3.05, 3.63) is 22.8 Å². The summed E-state index contributed by atoms with van der Waals surface area (Å²) in [7, 11) is -3.15. The summed E-state index contributed by atoms with van der Waals surface area (Å²) >= 11 is 0. The van der Waals surface area contributed by atoms with Crippen molar-refractivity contribution in [1.82, 2.24) is 15.3 Å². The van der Waals surface area contributed by atoms with Gasteiger partial charge >= 0.3 is 0 Å². The van der Waals surface area contributed by atoms with Gasteiger partial charge in [0.1, 0.15) is 11.1 Å². The molecule has 110 valence electrons. The molecule has 1 saturated carbocycles. The first kappa shape index (κ1) is 13.9. The van der Waals surface area contributed by atoms with E-state index >= 15 is 0 Å². The molecule has 0 amide bonds. The van der Waals surface area contributed by atoms with Crippen molar-refractivity contribution in [1.29, 1.82) is 0 Å². The molecule has 0 radical (unpaired) electrons. The lowest BCUT2D eigenvalue weighted by molar-refractivity contribution is 0.402. The summed E-state index contributed by atoms with van der Waals surface area (Å²) in [6.45, 7) is 3.40. The molecule has 1 N–H and O–H groups in total. The van der Waals surface area contributed by atoms with Crippen LogP contribution in [0.1, 0.15) is 60.1 Å². The van der Waals surface area contributed by atoms with Crippen LogP contribution >= 0.6 is 0 Å². The molecule has 6 heteroatoms. The fourth-order valence-corrected chi connectivity index (χ4v) is 3.27. The molecule has 1 aliphatic carbocycles. The number of hydrogen-bond donors (Lipinski definition) is 1. The van der Waals surface area contributed by atoms with Crippen molar-refractivity contribution in [2.45, 2.75) is 50.3 Å². The topological polar surface area (TPSA) is 72.0 Å². The summed E-state index contributed by atoms with van der Waals surface area (Å²) in [5, 5.41) is 2.74. The molecular weight excluding hydrogens is 274 g/mol. The SMILES string of the molecule is CC(c1nc2c(c(C3CCC3)n1)CNCC2)S(C)(=O)=O. The molecule has 2 aliphatic rings. The van der Waals surface area contributed by atoms with E-state index in [2.05, 4.69) is 15.3 Å². The Labute approximate surface area is 120 Å². The van der Waals surface area contributed by atoms with Gasteiger partial charge in [0.25, 0.3) is 0 Å². The molecule has 0 spiro atoms. The maximum atomic E-state index is 11.8. The van der Waals surface area contributed by atoms with Gasteiger partial charge in [-0.15, -0.1) is 0 Å². The minimum absolute atomic E-state index is 0.482. The van der Waals surface area contributed by atoms with Crippen molar-refractivity contribution in [3.8, 4) is 0 Å². The third-order valence-corrected chi connectivity index (χ3v) is 5.98. The molecule has 1 atom stereocenters. The van der Waals surface area contributed by atoms with E-state index in [1.807, 2.05) is 0 Å². The summed E-state index contributed by atoms with van der Waals surface area (Å²) in [6, 6.07) is 0. The lowest BCUT2D eigenvalue weighted by Gasteiger charge is -2.30. The first-order chi connectivity index (χ1) is 9.47. The smallest absolute Gasteiger partial charge is 0.157 e. The Morgan fingerprint density at radius 2 is 2.05 bits per heavy atom. The average molecular weight is 295 g/mol. The monoisotopic (exact) mass is 295 g/mol. The molecule has 20 heavy (non-hydrogen) atoms. The normalized spacial score (nSPS) is 21.1. The van der Waals surface area contributed by atoms with Gasteiger partial charge in [-0.2, -0.15) is 0 Å². The third-order valence-electron chi connectivity index (χ3n) is 4.48. The van der Waals surface area contributed by atoms with Gasteiger partial charge in [-0.05, 0) is 19.8 Å². The van der Waals surface area contributed by atoms with Crippen molar-refractivity contribution < 1.29 is 8.42 Å². The Kier molecular flexibility index (Phi) is 3.54. The number of sulfone groups is 1. The van der Waals surface area contributed by atoms with Crippen molar-refractivity contribution in [2.75, 3.05) is 12.8 Å². The van der Waals surface area contributed by atoms with Crippen LogP contribution in [-0.2, 0) is 22.8 Å². The van der Waals surface area contributed by atoms with E-state index in [0.29, 0.717) is 11.7 Å². The Hall–Kier alpha value is -1.01. The van der Waals surface area contributed by atoms with Crippen LogP contribution in [0.3, 0.4) is 0 Å². The molecule has 1 aromatic rings. The Bertz CT molecular complexity index is 624. The summed E-state index contributed by atoms with van der Waals surface area (Å²) in [5.41, 5.74) is 3.36. The number of aromatic nitrogens is 2. The average Bonchev–Trinajstić information content (AvgIpc) is 2.34. The number of nitrogens with zero attached hydrogens (tertiary/aromatic N) is 2. The van der Waals surface area contributed by atoms with Crippen LogP contribution in [0.2, 0.25) is 0 Å². The third kappa shape index (κ3) is 2.46. The largest absolute Gasteiger partial charge is 0.312 e. The summed E-state index contributed by atoms with van der Waals surface area (Å²) in [5.74, 6) is 0.979. The summed E-state index contributed by atoms with van der Waals surface area (Å²) in [4.78, 5) is 9.19. The van der Waals surface area contributed by atoms with Crippen LogP contribution in [-0.4, -0.2) is 31.2 Å². The number of fused-ring (bicyclic) bond motifs is 1. The van der Waals surface area contributed by atoms with Crippen LogP contribution in [0.15, 0.2) is 0 Å². The zero-order valence-corrected chi connectivity index (χ0v) is 12.8. The van der Waals surface area contributed by atoms with Gasteiger partial charge in [0.2, 0.25) is 0 Å². The van der Waals surface area contributed by atoms with Gasteiger partial charge in [0.15, 0.2) is 9.84 Å². The molecule has 3 rings (SSSR count). The Balaban J connectivity index is 2.08. The van der Waals surface area contributed by atoms with Gasteiger partial charge in [-0.3, -0.25) is 0 Å². The lowest BCUT2D eigenvalue weighted by atomic mass is 9.80. The van der Waals surface area contributed by atoms with Crippen LogP contribution in [0.5, 0.6) is 0 Å². The fourth-order valence-electron chi connectivity index (χ4n) is 2.78. The molecule has 0 saturated heterocycles. The quantitative estimate of drug-likeness (QED) is 0.915. The molecule has 2 heterocycles. The Morgan fingerprint density at radius 3 is 2.65 bits per heavy atom. The van der Waals surface area contributed by atoms with Crippen molar-refractivity contribution in [2.24, 2.45) is 0 Å². The van der Waals surface area contributed by atoms with E-state index in [-0.39, 0.29) is 0 Å². The predicted octanol–water partition coefficient (Wildman–Crippen LogP) is 1.50. The molecule has 5 nitrogen and oxygen atoms in total. The Morgan fingerprint density at radius 1 is 1.30 bits per heavy atom. The maximum Gasteiger partial charge on any atom is 0.157 e. The number of hydrogen-bond acceptors (Lipinski definition) is 5. The van der Waals surface area contributed by atoms with Gasteiger partial charge in [-0.25, -0.2) is 18.4 Å². The molecule has 1 unspecified atom stereocenters. The maximum absolute atomic E-state index is 11.8. The molecule has 1 aromatic heterocycles. The van der Waals surface area contributed by atoms with Crippen molar-refractivity contribution >= 4 is 9.84 Å². The van der Waals surface area contributed by atoms with Crippen LogP contribution in [0.4, 0.5) is 0 Å². The highest BCUT2D eigenvalue weighted by Crippen LogP contribution is 2.38. The van der Waals surface area contributed by atoms with Gasteiger partial charge in [0.05, 0.1) is 11.4 Å². The number of rotatable bonds is 3. The second-order valence-electron chi connectivity index (χ2n) is 5.92. The highest BCUT2D eigenvalue weighted by atomic mass is 32.2. The van der Waals surface area contributed by atoms with E-state index in [1.54, 1.807) is 6.92 Å². The van der Waals surface area contributed by atoms with Gasteiger partial charge in [-0.1, -0.05) is 6.42 Å². The molecule has 0 aromatic carbocycles. The predicted molar refractivity (Wildman–Crippen MR) is 77.3 cm³/mol. The van der Waals surface area contributed by atoms with E-state index in [4.69, 9.17) is 0 Å². The number of nitrogens with one attached hydrogen (secondary N) is 1. The van der Waals surface area contributed by atoms with Crippen LogP contribution < -0.4 is 5.32 Å². The second-order valence-corrected chi connectivity index (χ2v) is 8.28. The van der Waals surface area contributed by atoms with E-state index in [1.165, 1.54) is 18.2 Å². The zero-order chi connectivity index (χ0) is 14.3. The van der Waals surface area contributed by atoms with Gasteiger partial charge in [0, 0.05) is 37.2 Å². The molecule has 0 bridgehead atoms. The molecular formula is C14H21N3O2S. The van der Waals surface area contributed by atoms with Gasteiger partial charge < -0.3 is 5.32 Å². The minimum Gasteiger partial charge on any atom is -0.312 e. The first-order valence-electron chi connectivity index (χ1n) is 7.26. The van der Waals surface area contributed by atoms with Crippen LogP contribution in [0, 0.1) is 0 Å². The van der Waals surface area contributed by atoms with E-state index in [0.717, 1.165) is 43.7 Å². The highest BCUT2D eigenvalue weighted by Gasteiger charge is 2.30. The zero-order valence-electron chi connectivity index (χ0n) is 12.0. The fraction of sp³-hybridized carbons (Fsp3) is 0.714. The minimum atomic E-state index is -3.15. The molecule has 1 fully saturated rings. The first-order valence-corrected chi connectivity index (χ1v) is 9.21. The van der Waals surface area contributed by atoms with Crippen LogP contribution in [0.25, 0.3) is 0 Å². The molecule has 1 aliphatic heterocycles.